The van der Waals surface area contributed by atoms with E-state index in [1.807, 2.05) is 6.07 Å². The van der Waals surface area contributed by atoms with E-state index in [-0.39, 0.29) is 0 Å². The Morgan fingerprint density at radius 1 is 1.00 bits per heavy atom. The summed E-state index contributed by atoms with van der Waals surface area (Å²) in [6.07, 6.45) is 1.04. The highest BCUT2D eigenvalue weighted by atomic mass is 32.2. The molecule has 4 rings (SSSR count). The van der Waals surface area contributed by atoms with Gasteiger partial charge in [0.05, 0.1) is 29.2 Å². The van der Waals surface area contributed by atoms with Gasteiger partial charge in [0.15, 0.2) is 0 Å². The molecule has 148 valence electrons. The van der Waals surface area contributed by atoms with Crippen LogP contribution in [-0.4, -0.2) is 51.5 Å². The number of aryl methyl sites for hydroxylation is 1. The van der Waals surface area contributed by atoms with Crippen LogP contribution in [0.4, 0.5) is 19.0 Å². The second-order valence-corrected chi connectivity index (χ2v) is 7.69. The molecule has 5 nitrogen and oxygen atoms in total. The Hall–Kier alpha value is -2.26. The first kappa shape index (κ1) is 19.1. The summed E-state index contributed by atoms with van der Waals surface area (Å²) in [5.74, 6) is 0.869. The highest BCUT2D eigenvalue weighted by Crippen LogP contribution is 2.32. The molecule has 0 atom stereocenters. The largest absolute Gasteiger partial charge is 0.416 e. The van der Waals surface area contributed by atoms with Gasteiger partial charge in [0.25, 0.3) is 0 Å². The van der Waals surface area contributed by atoms with Gasteiger partial charge in [-0.2, -0.15) is 18.3 Å². The molecule has 1 aromatic carbocycles. The van der Waals surface area contributed by atoms with E-state index < -0.39 is 11.7 Å². The molecule has 0 aliphatic carbocycles. The standard InChI is InChI=1S/C19H20F3N5S/c1-13-7-15(19(20,21)22)10-16(8-13)27-17-12-23-18(9-14(17)11-24-27)25-3-5-26(28-2)6-4-25/h7-12H,3-6H2,1-2H3. The van der Waals surface area contributed by atoms with Crippen molar-refractivity contribution in [1.82, 2.24) is 19.1 Å². The summed E-state index contributed by atoms with van der Waals surface area (Å²) in [6, 6.07) is 5.90. The fourth-order valence-electron chi connectivity index (χ4n) is 3.44. The van der Waals surface area contributed by atoms with E-state index in [4.69, 9.17) is 0 Å². The van der Waals surface area contributed by atoms with Gasteiger partial charge in [-0.1, -0.05) is 11.9 Å². The quantitative estimate of drug-likeness (QED) is 0.610. The Morgan fingerprint density at radius 3 is 2.43 bits per heavy atom. The Kier molecular flexibility index (Phi) is 4.96. The van der Waals surface area contributed by atoms with E-state index in [2.05, 4.69) is 25.5 Å². The number of nitrogens with zero attached hydrogens (tertiary/aromatic N) is 5. The van der Waals surface area contributed by atoms with Crippen LogP contribution in [0.15, 0.2) is 36.7 Å². The molecule has 1 fully saturated rings. The number of benzene rings is 1. The van der Waals surface area contributed by atoms with Crippen molar-refractivity contribution >= 4 is 28.7 Å². The van der Waals surface area contributed by atoms with Gasteiger partial charge in [0.2, 0.25) is 0 Å². The minimum atomic E-state index is -4.39. The van der Waals surface area contributed by atoms with Crippen LogP contribution in [0.5, 0.6) is 0 Å². The van der Waals surface area contributed by atoms with Crippen LogP contribution in [0.1, 0.15) is 11.1 Å². The minimum Gasteiger partial charge on any atom is -0.354 e. The van der Waals surface area contributed by atoms with Gasteiger partial charge in [-0.05, 0) is 43.0 Å². The van der Waals surface area contributed by atoms with Crippen molar-refractivity contribution in [3.63, 3.8) is 0 Å². The zero-order valence-corrected chi connectivity index (χ0v) is 16.4. The molecular formula is C19H20F3N5S. The molecule has 0 radical (unpaired) electrons. The maximum atomic E-state index is 13.2. The molecule has 0 saturated carbocycles. The van der Waals surface area contributed by atoms with Crippen LogP contribution in [0, 0.1) is 6.92 Å². The predicted octanol–water partition coefficient (Wildman–Crippen LogP) is 4.15. The molecule has 1 aliphatic rings. The monoisotopic (exact) mass is 407 g/mol. The molecule has 0 amide bonds. The Morgan fingerprint density at radius 2 is 1.75 bits per heavy atom. The van der Waals surface area contributed by atoms with Gasteiger partial charge in [0.1, 0.15) is 5.82 Å². The smallest absolute Gasteiger partial charge is 0.354 e. The number of anilines is 1. The fourth-order valence-corrected chi connectivity index (χ4v) is 3.97. The maximum Gasteiger partial charge on any atom is 0.416 e. The zero-order valence-electron chi connectivity index (χ0n) is 15.6. The van der Waals surface area contributed by atoms with Crippen LogP contribution in [0.3, 0.4) is 0 Å². The molecule has 2 aromatic heterocycles. The Labute approximate surface area is 165 Å². The number of fused-ring (bicyclic) bond motifs is 1. The zero-order chi connectivity index (χ0) is 19.9. The van der Waals surface area contributed by atoms with Gasteiger partial charge in [-0.15, -0.1) is 0 Å². The van der Waals surface area contributed by atoms with Crippen LogP contribution < -0.4 is 4.90 Å². The first-order chi connectivity index (χ1) is 13.3. The van der Waals surface area contributed by atoms with Crippen molar-refractivity contribution in [3.05, 3.63) is 47.8 Å². The molecule has 28 heavy (non-hydrogen) atoms. The van der Waals surface area contributed by atoms with Crippen molar-refractivity contribution in [1.29, 1.82) is 0 Å². The number of hydrogen-bond acceptors (Lipinski definition) is 5. The van der Waals surface area contributed by atoms with Crippen molar-refractivity contribution in [3.8, 4) is 5.69 Å². The highest BCUT2D eigenvalue weighted by Gasteiger charge is 2.31. The van der Waals surface area contributed by atoms with Gasteiger partial charge >= 0.3 is 6.18 Å². The van der Waals surface area contributed by atoms with Crippen molar-refractivity contribution in [2.24, 2.45) is 0 Å². The summed E-state index contributed by atoms with van der Waals surface area (Å²) < 4.78 is 43.3. The number of alkyl halides is 3. The summed E-state index contributed by atoms with van der Waals surface area (Å²) in [7, 11) is 0. The molecule has 3 heterocycles. The molecule has 0 spiro atoms. The molecule has 0 unspecified atom stereocenters. The first-order valence-electron chi connectivity index (χ1n) is 8.92. The lowest BCUT2D eigenvalue weighted by Crippen LogP contribution is -2.43. The Balaban J connectivity index is 1.67. The highest BCUT2D eigenvalue weighted by molar-refractivity contribution is 7.96. The van der Waals surface area contributed by atoms with Crippen LogP contribution in [-0.2, 0) is 6.18 Å². The van der Waals surface area contributed by atoms with Crippen molar-refractivity contribution in [2.75, 3.05) is 37.3 Å². The van der Waals surface area contributed by atoms with Crippen molar-refractivity contribution < 1.29 is 13.2 Å². The average molecular weight is 407 g/mol. The molecule has 0 bridgehead atoms. The van der Waals surface area contributed by atoms with Gasteiger partial charge in [-0.3, -0.25) is 0 Å². The summed E-state index contributed by atoms with van der Waals surface area (Å²) in [4.78, 5) is 6.77. The molecular weight excluding hydrogens is 387 g/mol. The average Bonchev–Trinajstić information content (AvgIpc) is 3.10. The third kappa shape index (κ3) is 3.68. The van der Waals surface area contributed by atoms with Crippen LogP contribution in [0.25, 0.3) is 16.6 Å². The van der Waals surface area contributed by atoms with Gasteiger partial charge in [0, 0.05) is 31.6 Å². The summed E-state index contributed by atoms with van der Waals surface area (Å²) >= 11 is 1.74. The van der Waals surface area contributed by atoms with E-state index in [0.29, 0.717) is 16.8 Å². The van der Waals surface area contributed by atoms with E-state index in [0.717, 1.165) is 49.5 Å². The van der Waals surface area contributed by atoms with E-state index >= 15 is 0 Å². The number of pyridine rings is 1. The molecule has 3 aromatic rings. The summed E-state index contributed by atoms with van der Waals surface area (Å²) in [6.45, 7) is 5.35. The number of hydrogen-bond donors (Lipinski definition) is 0. The fraction of sp³-hybridized carbons (Fsp3) is 0.368. The van der Waals surface area contributed by atoms with Gasteiger partial charge < -0.3 is 4.90 Å². The topological polar surface area (TPSA) is 37.2 Å². The molecule has 1 saturated heterocycles. The van der Waals surface area contributed by atoms with Crippen LogP contribution >= 0.6 is 11.9 Å². The van der Waals surface area contributed by atoms with Crippen molar-refractivity contribution in [2.45, 2.75) is 13.1 Å². The minimum absolute atomic E-state index is 0.380. The lowest BCUT2D eigenvalue weighted by molar-refractivity contribution is -0.137. The van der Waals surface area contributed by atoms with E-state index in [9.17, 15) is 13.2 Å². The Bertz CT molecular complexity index is 993. The number of rotatable bonds is 3. The third-order valence-corrected chi connectivity index (χ3v) is 5.78. The van der Waals surface area contributed by atoms with Gasteiger partial charge in [-0.25, -0.2) is 14.0 Å². The molecule has 1 aliphatic heterocycles. The lowest BCUT2D eigenvalue weighted by atomic mass is 10.1. The van der Waals surface area contributed by atoms with E-state index in [1.54, 1.807) is 37.3 Å². The lowest BCUT2D eigenvalue weighted by Gasteiger charge is -2.33. The molecule has 9 heteroatoms. The summed E-state index contributed by atoms with van der Waals surface area (Å²) in [5.41, 5.74) is 0.919. The normalized spacial score (nSPS) is 16.1. The maximum absolute atomic E-state index is 13.2. The van der Waals surface area contributed by atoms with E-state index in [1.165, 1.54) is 4.68 Å². The first-order valence-corrected chi connectivity index (χ1v) is 10.1. The number of piperazine rings is 1. The van der Waals surface area contributed by atoms with Crippen LogP contribution in [0.2, 0.25) is 0 Å². The second-order valence-electron chi connectivity index (χ2n) is 6.81. The SMILES string of the molecule is CSN1CCN(c2cc3cnn(-c4cc(C)cc(C(F)(F)F)c4)c3cn2)CC1. The third-order valence-electron chi connectivity index (χ3n) is 4.89. The second kappa shape index (κ2) is 7.29. The number of halogens is 3. The summed E-state index contributed by atoms with van der Waals surface area (Å²) in [5, 5.41) is 5.17. The molecule has 0 N–H and O–H groups in total. The number of aromatic nitrogens is 3. The predicted molar refractivity (Wildman–Crippen MR) is 106 cm³/mol.